The number of amides is 1. The lowest BCUT2D eigenvalue weighted by Gasteiger charge is -2.09. The lowest BCUT2D eigenvalue weighted by atomic mass is 9.96. The fourth-order valence-corrected chi connectivity index (χ4v) is 2.27. The van der Waals surface area contributed by atoms with Crippen molar-refractivity contribution in [3.63, 3.8) is 0 Å². The number of rotatable bonds is 1. The summed E-state index contributed by atoms with van der Waals surface area (Å²) in [5.41, 5.74) is 13.5. The Hall–Kier alpha value is -2.19. The lowest BCUT2D eigenvalue weighted by molar-refractivity contribution is -0.114. The van der Waals surface area contributed by atoms with Crippen LogP contribution in [0.15, 0.2) is 34.8 Å². The van der Waals surface area contributed by atoms with E-state index >= 15 is 0 Å². The first-order valence-corrected chi connectivity index (χ1v) is 8.76. The molecule has 0 fully saturated rings. The largest absolute Gasteiger partial charge is 0.370 e. The number of hydrogen-bond acceptors (Lipinski definition) is 3. The van der Waals surface area contributed by atoms with Crippen molar-refractivity contribution in [1.82, 2.24) is 0 Å². The van der Waals surface area contributed by atoms with Gasteiger partial charge in [0, 0.05) is 5.57 Å². The van der Waals surface area contributed by atoms with Gasteiger partial charge >= 0.3 is 0 Å². The molecule has 7 nitrogen and oxygen atoms in total. The van der Waals surface area contributed by atoms with E-state index in [9.17, 15) is 13.2 Å². The lowest BCUT2D eigenvalue weighted by Crippen LogP contribution is -2.24. The van der Waals surface area contributed by atoms with Gasteiger partial charge in [0.15, 0.2) is 5.96 Å². The molecule has 0 saturated carbocycles. The Bertz CT molecular complexity index is 727. The average Bonchev–Trinajstić information content (AvgIpc) is 2.53. The van der Waals surface area contributed by atoms with E-state index in [0.29, 0.717) is 24.2 Å². The summed E-state index contributed by atoms with van der Waals surface area (Å²) in [6.07, 6.45) is 4.27. The van der Waals surface area contributed by atoms with E-state index in [1.807, 2.05) is 24.3 Å². The van der Waals surface area contributed by atoms with E-state index in [0.717, 1.165) is 12.0 Å². The van der Waals surface area contributed by atoms with Crippen LogP contribution in [-0.2, 0) is 21.3 Å². The number of nitrogens with zero attached hydrogens (tertiary/aromatic N) is 1. The van der Waals surface area contributed by atoms with Crippen molar-refractivity contribution in [2.75, 3.05) is 6.26 Å². The molecule has 0 aliphatic heterocycles. The van der Waals surface area contributed by atoms with Crippen molar-refractivity contribution < 1.29 is 17.8 Å². The number of fused-ring (bicyclic) bond motifs is 1. The van der Waals surface area contributed by atoms with Crippen LogP contribution in [0.25, 0.3) is 6.08 Å². The third-order valence-corrected chi connectivity index (χ3v) is 3.03. The maximum Gasteiger partial charge on any atom is 0.276 e. The average molecular weight is 339 g/mol. The SMILES string of the molecule is CC1CC(C(=O)N=C(N)N)=Cc2ccccc2C1.CS(=O)(=O)O. The van der Waals surface area contributed by atoms with Gasteiger partial charge in [-0.15, -0.1) is 0 Å². The normalized spacial score (nSPS) is 16.8. The minimum absolute atomic E-state index is 0.189. The Morgan fingerprint density at radius 1 is 1.26 bits per heavy atom. The third kappa shape index (κ3) is 7.57. The van der Waals surface area contributed by atoms with Crippen LogP contribution in [0.5, 0.6) is 0 Å². The molecule has 0 bridgehead atoms. The first-order valence-electron chi connectivity index (χ1n) is 6.91. The molecule has 1 atom stereocenters. The first-order chi connectivity index (χ1) is 10.6. The van der Waals surface area contributed by atoms with E-state index < -0.39 is 10.1 Å². The highest BCUT2D eigenvalue weighted by atomic mass is 32.2. The highest BCUT2D eigenvalue weighted by Crippen LogP contribution is 2.27. The summed E-state index contributed by atoms with van der Waals surface area (Å²) in [6, 6.07) is 8.09. The van der Waals surface area contributed by atoms with Gasteiger partial charge in [0.05, 0.1) is 6.26 Å². The van der Waals surface area contributed by atoms with Crippen molar-refractivity contribution in [2.45, 2.75) is 19.8 Å². The van der Waals surface area contributed by atoms with Crippen LogP contribution in [0.1, 0.15) is 24.5 Å². The second-order valence-electron chi connectivity index (χ2n) is 5.46. The maximum atomic E-state index is 11.9. The summed E-state index contributed by atoms with van der Waals surface area (Å²) in [7, 11) is -3.67. The molecule has 126 valence electrons. The zero-order chi connectivity index (χ0) is 17.6. The number of hydrogen-bond donors (Lipinski definition) is 3. The summed E-state index contributed by atoms with van der Waals surface area (Å²) in [5, 5.41) is 0. The van der Waals surface area contributed by atoms with Gasteiger partial charge in [0.2, 0.25) is 0 Å². The van der Waals surface area contributed by atoms with Crippen LogP contribution in [-0.4, -0.2) is 31.1 Å². The van der Waals surface area contributed by atoms with Crippen LogP contribution >= 0.6 is 0 Å². The number of carbonyl (C=O) groups is 1. The molecule has 0 radical (unpaired) electrons. The van der Waals surface area contributed by atoms with Gasteiger partial charge in [0.1, 0.15) is 0 Å². The van der Waals surface area contributed by atoms with Crippen LogP contribution in [0.4, 0.5) is 0 Å². The van der Waals surface area contributed by atoms with Gasteiger partial charge in [-0.3, -0.25) is 9.35 Å². The van der Waals surface area contributed by atoms with Crippen molar-refractivity contribution >= 4 is 28.1 Å². The molecule has 0 saturated heterocycles. The summed E-state index contributed by atoms with van der Waals surface area (Å²) >= 11 is 0. The Labute approximate surface area is 135 Å². The summed E-state index contributed by atoms with van der Waals surface area (Å²) in [4.78, 5) is 15.5. The van der Waals surface area contributed by atoms with Gasteiger partial charge in [-0.2, -0.15) is 13.4 Å². The van der Waals surface area contributed by atoms with Gasteiger partial charge in [-0.1, -0.05) is 31.2 Å². The molecule has 23 heavy (non-hydrogen) atoms. The molecular weight excluding hydrogens is 318 g/mol. The molecule has 0 aromatic heterocycles. The highest BCUT2D eigenvalue weighted by Gasteiger charge is 2.18. The number of aliphatic imine (C=N–C) groups is 1. The number of benzene rings is 1. The standard InChI is InChI=1S/C14H17N3O.CH4O3S/c1-9-6-10-4-2-3-5-11(10)8-12(7-9)13(18)17-14(15)16;1-5(2,3)4/h2-5,8-9H,6-7H2,1H3,(H4,15,16,17,18);1H3,(H,2,3,4). The predicted octanol–water partition coefficient (Wildman–Crippen LogP) is 0.956. The van der Waals surface area contributed by atoms with Crippen molar-refractivity contribution in [3.05, 3.63) is 41.0 Å². The molecule has 1 unspecified atom stereocenters. The summed E-state index contributed by atoms with van der Waals surface area (Å²) in [5.74, 6) is -0.123. The van der Waals surface area contributed by atoms with E-state index in [-0.39, 0.29) is 11.9 Å². The van der Waals surface area contributed by atoms with Crippen molar-refractivity contribution in [3.8, 4) is 0 Å². The molecule has 5 N–H and O–H groups in total. The molecule has 8 heteroatoms. The fraction of sp³-hybridized carbons (Fsp3) is 0.333. The number of guanidine groups is 1. The number of nitrogens with two attached hydrogens (primary N) is 2. The second-order valence-corrected chi connectivity index (χ2v) is 6.92. The smallest absolute Gasteiger partial charge is 0.276 e. The molecular formula is C15H21N3O4S. The quantitative estimate of drug-likeness (QED) is 0.396. The first kappa shape index (κ1) is 18.9. The maximum absolute atomic E-state index is 11.9. The van der Waals surface area contributed by atoms with E-state index in [1.54, 1.807) is 0 Å². The zero-order valence-corrected chi connectivity index (χ0v) is 13.9. The molecule has 0 heterocycles. The highest BCUT2D eigenvalue weighted by molar-refractivity contribution is 7.85. The molecule has 1 aliphatic carbocycles. The Morgan fingerprint density at radius 2 is 1.83 bits per heavy atom. The van der Waals surface area contributed by atoms with Crippen molar-refractivity contribution in [2.24, 2.45) is 22.4 Å². The monoisotopic (exact) mass is 339 g/mol. The van der Waals surface area contributed by atoms with Gasteiger partial charge in [0.25, 0.3) is 16.0 Å². The van der Waals surface area contributed by atoms with Crippen LogP contribution in [0.3, 0.4) is 0 Å². The van der Waals surface area contributed by atoms with E-state index in [2.05, 4.69) is 18.0 Å². The van der Waals surface area contributed by atoms with Crippen LogP contribution in [0, 0.1) is 5.92 Å². The molecule has 1 amide bonds. The molecule has 0 spiro atoms. The van der Waals surface area contributed by atoms with E-state index in [1.165, 1.54) is 5.56 Å². The Balaban J connectivity index is 0.000000463. The van der Waals surface area contributed by atoms with Crippen molar-refractivity contribution in [1.29, 1.82) is 0 Å². The third-order valence-electron chi connectivity index (χ3n) is 3.03. The molecule has 1 aliphatic rings. The predicted molar refractivity (Wildman–Crippen MR) is 90.2 cm³/mol. The topological polar surface area (TPSA) is 136 Å². The minimum atomic E-state index is -3.67. The van der Waals surface area contributed by atoms with Gasteiger partial charge in [-0.25, -0.2) is 0 Å². The molecule has 1 aromatic rings. The Morgan fingerprint density at radius 3 is 2.39 bits per heavy atom. The fourth-order valence-electron chi connectivity index (χ4n) is 2.27. The van der Waals surface area contributed by atoms with Gasteiger partial charge < -0.3 is 11.5 Å². The number of carbonyl (C=O) groups excluding carboxylic acids is 1. The van der Waals surface area contributed by atoms with E-state index in [4.69, 9.17) is 16.0 Å². The van der Waals surface area contributed by atoms with Crippen LogP contribution in [0.2, 0.25) is 0 Å². The minimum Gasteiger partial charge on any atom is -0.370 e. The summed E-state index contributed by atoms with van der Waals surface area (Å²) in [6.45, 7) is 2.12. The summed E-state index contributed by atoms with van der Waals surface area (Å²) < 4.78 is 25.9. The second kappa shape index (κ2) is 7.89. The molecule has 1 aromatic carbocycles. The van der Waals surface area contributed by atoms with Gasteiger partial charge in [-0.05, 0) is 36.0 Å². The van der Waals surface area contributed by atoms with Crippen LogP contribution < -0.4 is 11.5 Å². The zero-order valence-electron chi connectivity index (χ0n) is 13.1. The Kier molecular flexibility index (Phi) is 6.47. The molecule has 2 rings (SSSR count).